The van der Waals surface area contributed by atoms with E-state index in [1.807, 2.05) is 0 Å². The van der Waals surface area contributed by atoms with Crippen molar-refractivity contribution in [3.63, 3.8) is 0 Å². The van der Waals surface area contributed by atoms with E-state index in [2.05, 4.69) is 13.6 Å². The van der Waals surface area contributed by atoms with Crippen molar-refractivity contribution < 1.29 is 38.8 Å². The van der Waals surface area contributed by atoms with E-state index >= 15 is 0 Å². The molecule has 0 aromatic carbocycles. The third-order valence-electron chi connectivity index (χ3n) is 0.913. The molecule has 12 nitrogen and oxygen atoms in total. The van der Waals surface area contributed by atoms with Crippen LogP contribution in [-0.2, 0) is 44.8 Å². The van der Waals surface area contributed by atoms with Gasteiger partial charge < -0.3 is 0 Å². The first-order valence-corrected chi connectivity index (χ1v) is 15.6. The second-order valence-electron chi connectivity index (χ2n) is 2.12. The summed E-state index contributed by atoms with van der Waals surface area (Å²) in [6, 6.07) is 0. The second kappa shape index (κ2) is 4.73. The van der Waals surface area contributed by atoms with Crippen LogP contribution in [0.4, 0.5) is 0 Å². The molecule has 2 rings (SSSR count). The molecule has 100 valence electrons. The Bertz CT molecular complexity index is 533. The van der Waals surface area contributed by atoms with Crippen LogP contribution < -0.4 is 0 Å². The molecule has 0 radical (unpaired) electrons. The van der Waals surface area contributed by atoms with Crippen LogP contribution in [0.5, 0.6) is 0 Å². The number of rotatable bonds is 4. The Labute approximate surface area is 115 Å². The van der Waals surface area contributed by atoms with Gasteiger partial charge in [-0.15, -0.1) is 0 Å². The Morgan fingerprint density at radius 2 is 1.06 bits per heavy atom. The van der Waals surface area contributed by atoms with Crippen molar-refractivity contribution in [2.24, 2.45) is 0 Å². The van der Waals surface area contributed by atoms with Crippen molar-refractivity contribution >= 4 is 77.3 Å². The minimum absolute atomic E-state index is 3.99. The van der Waals surface area contributed by atoms with Gasteiger partial charge in [0.1, 0.15) is 0 Å². The van der Waals surface area contributed by atoms with E-state index in [-0.39, 0.29) is 0 Å². The topological polar surface area (TPSA) is 158 Å². The number of hydrogen-bond acceptors (Lipinski definition) is 12. The zero-order chi connectivity index (χ0) is 12.9. The molecule has 0 saturated carbocycles. The summed E-state index contributed by atoms with van der Waals surface area (Å²) in [4.78, 5) is 0. The summed E-state index contributed by atoms with van der Waals surface area (Å²) in [5, 5.41) is 0. The third kappa shape index (κ3) is 4.17. The van der Waals surface area contributed by atoms with E-state index in [0.29, 0.717) is 0 Å². The van der Waals surface area contributed by atoms with Crippen LogP contribution in [0.25, 0.3) is 0 Å². The van der Waals surface area contributed by atoms with Crippen LogP contribution in [0.15, 0.2) is 0 Å². The molecule has 0 aliphatic carbocycles. The Hall–Kier alpha value is 1.38. The molecule has 2 fully saturated rings. The van der Waals surface area contributed by atoms with Gasteiger partial charge in [-0.2, -0.15) is 0 Å². The van der Waals surface area contributed by atoms with Gasteiger partial charge in [-0.1, -0.05) is 0 Å². The average Bonchev–Trinajstić information content (AvgIpc) is 1.94. The summed E-state index contributed by atoms with van der Waals surface area (Å²) in [5.74, 6) is 0. The summed E-state index contributed by atoms with van der Waals surface area (Å²) < 4.78 is 87.7. The van der Waals surface area contributed by atoms with Gasteiger partial charge in [-0.25, -0.2) is 0 Å². The zero-order valence-corrected chi connectivity index (χ0v) is 16.4. The molecule has 2 aliphatic rings. The summed E-state index contributed by atoms with van der Waals surface area (Å²) in [7, 11) is -12.9. The summed E-state index contributed by atoms with van der Waals surface area (Å²) in [5.41, 5.74) is 0. The van der Waals surface area contributed by atoms with E-state index in [4.69, 9.17) is 0 Å². The molecule has 17 heteroatoms. The fourth-order valence-corrected chi connectivity index (χ4v) is 19.1. The summed E-state index contributed by atoms with van der Waals surface area (Å²) >= 11 is -7.98. The maximum atomic E-state index is 11.0. The van der Waals surface area contributed by atoms with Gasteiger partial charge in [0.15, 0.2) is 0 Å². The molecule has 0 atom stereocenters. The van der Waals surface area contributed by atoms with E-state index in [1.54, 1.807) is 0 Å². The van der Waals surface area contributed by atoms with Crippen molar-refractivity contribution in [2.45, 2.75) is 0 Å². The van der Waals surface area contributed by atoms with Crippen molar-refractivity contribution in [1.82, 2.24) is 0 Å². The van der Waals surface area contributed by atoms with Crippen LogP contribution in [0.2, 0.25) is 0 Å². The Morgan fingerprint density at radius 3 is 1.29 bits per heavy atom. The van der Waals surface area contributed by atoms with E-state index in [9.17, 15) is 25.3 Å². The van der Waals surface area contributed by atoms with Gasteiger partial charge in [0.25, 0.3) is 0 Å². The molecule has 2 saturated heterocycles. The molecule has 0 aromatic rings. The van der Waals surface area contributed by atoms with Gasteiger partial charge in [0.05, 0.1) is 0 Å². The first-order valence-electron chi connectivity index (χ1n) is 3.10. The Morgan fingerprint density at radius 1 is 0.765 bits per heavy atom. The molecule has 0 amide bonds. The molecule has 0 spiro atoms. The SMILES string of the molecule is O=S1(=O)[O][Bi]([O]S(=O)(=O)[O][Bi]2[O]S(=O)(=O)[O]2)[O]1. The quantitative estimate of drug-likeness (QED) is 0.271. The maximum absolute atomic E-state index is 11.0. The van der Waals surface area contributed by atoms with E-state index < -0.39 is 77.3 Å². The third-order valence-corrected chi connectivity index (χ3v) is 24.0. The van der Waals surface area contributed by atoms with Crippen molar-refractivity contribution in [2.75, 3.05) is 0 Å². The van der Waals surface area contributed by atoms with Crippen LogP contribution in [0.3, 0.4) is 0 Å². The van der Waals surface area contributed by atoms with Crippen LogP contribution in [0.1, 0.15) is 0 Å². The first-order chi connectivity index (χ1) is 7.57. The van der Waals surface area contributed by atoms with Crippen LogP contribution in [0, 0.1) is 0 Å². The molecular formula is Bi2O12S3. The molecule has 17 heavy (non-hydrogen) atoms. The average molecular weight is 706 g/mol. The molecule has 0 N–H and O–H groups in total. The monoisotopic (exact) mass is 706 g/mol. The predicted molar refractivity (Wildman–Crippen MR) is 44.8 cm³/mol. The minimum atomic E-state index is -4.65. The number of hydrogen-bond donors (Lipinski definition) is 0. The van der Waals surface area contributed by atoms with Gasteiger partial charge in [0.2, 0.25) is 0 Å². The summed E-state index contributed by atoms with van der Waals surface area (Å²) in [6.07, 6.45) is 0. The van der Waals surface area contributed by atoms with Crippen molar-refractivity contribution in [1.29, 1.82) is 0 Å². The van der Waals surface area contributed by atoms with Crippen LogP contribution >= 0.6 is 0 Å². The molecular weight excluding hydrogens is 706 g/mol. The van der Waals surface area contributed by atoms with E-state index in [1.165, 1.54) is 0 Å². The van der Waals surface area contributed by atoms with E-state index in [0.717, 1.165) is 0 Å². The van der Waals surface area contributed by atoms with Crippen molar-refractivity contribution in [3.05, 3.63) is 0 Å². The fourth-order valence-electron chi connectivity index (χ4n) is 0.522. The standard InChI is InChI=1S/2Bi.3H2O4S/c;;3*1-5(2,3)4/h;;3*(H2,1,2,3,4)/q2*+3;;;/p-6. The van der Waals surface area contributed by atoms with Crippen molar-refractivity contribution in [3.8, 4) is 0 Å². The van der Waals surface area contributed by atoms with Gasteiger partial charge in [0, 0.05) is 0 Å². The van der Waals surface area contributed by atoms with Gasteiger partial charge in [-0.3, -0.25) is 0 Å². The van der Waals surface area contributed by atoms with Crippen LogP contribution in [-0.4, -0.2) is 71.4 Å². The summed E-state index contributed by atoms with van der Waals surface area (Å²) in [6.45, 7) is 0. The molecule has 0 unspecified atom stereocenters. The molecule has 2 aliphatic heterocycles. The Balaban J connectivity index is 1.84. The molecule has 0 aromatic heterocycles. The fraction of sp³-hybridized carbons (Fsp3) is 0. The first kappa shape index (κ1) is 14.8. The van der Waals surface area contributed by atoms with Gasteiger partial charge >= 0.3 is 116 Å². The molecule has 0 bridgehead atoms. The van der Waals surface area contributed by atoms with Gasteiger partial charge in [-0.05, 0) is 0 Å². The predicted octanol–water partition coefficient (Wildman–Crippen LogP) is -3.18. The second-order valence-corrected chi connectivity index (χ2v) is 19.4. The molecule has 2 heterocycles. The Kier molecular flexibility index (Phi) is 4.11. The normalized spacial score (nSPS) is 28.2. The zero-order valence-electron chi connectivity index (χ0n) is 7.02.